The van der Waals surface area contributed by atoms with Gasteiger partial charge in [-0.05, 0) is 0 Å². The Bertz CT molecular complexity index is 160. The quantitative estimate of drug-likeness (QED) is 0.716. The van der Waals surface area contributed by atoms with Crippen molar-refractivity contribution in [2.45, 2.75) is 11.9 Å². The molecule has 0 saturated carbocycles. The maximum atomic E-state index is 11.6. The maximum absolute atomic E-state index is 11.6. The summed E-state index contributed by atoms with van der Waals surface area (Å²) in [4.78, 5) is 9.99. The number of rotatable bonds is 6. The van der Waals surface area contributed by atoms with Gasteiger partial charge in [0.1, 0.15) is 0 Å². The largest absolute Gasteiger partial charge is 0.481 e. The molecular weight excluding hydrogens is 225 g/mol. The molecule has 0 aliphatic carbocycles. The van der Waals surface area contributed by atoms with Crippen LogP contribution in [-0.4, -0.2) is 33.8 Å². The molecule has 1 N–H and O–H groups in total. The van der Waals surface area contributed by atoms with E-state index < -0.39 is 11.5 Å². The fourth-order valence-electron chi connectivity index (χ4n) is 0.478. The zero-order chi connectivity index (χ0) is 10.3. The van der Waals surface area contributed by atoms with Gasteiger partial charge >= 0.3 is 11.5 Å². The molecule has 0 heterocycles. The summed E-state index contributed by atoms with van der Waals surface area (Å²) in [6, 6.07) is 0. The Kier molecular flexibility index (Phi) is 6.40. The lowest BCUT2D eigenvalue weighted by atomic mass is 10.5. The van der Waals surface area contributed by atoms with Crippen molar-refractivity contribution < 1.29 is 23.1 Å². The number of hydrogen-bond acceptors (Lipinski definition) is 3. The van der Waals surface area contributed by atoms with Gasteiger partial charge in [0.2, 0.25) is 0 Å². The number of carboxylic acid groups (broad SMARTS) is 1. The summed E-state index contributed by atoms with van der Waals surface area (Å²) in [6.07, 6.45) is 0.00134. The van der Waals surface area contributed by atoms with Crippen LogP contribution in [0.1, 0.15) is 6.42 Å². The highest BCUT2D eigenvalue weighted by Crippen LogP contribution is 2.30. The van der Waals surface area contributed by atoms with E-state index in [1.807, 2.05) is 0 Å². The van der Waals surface area contributed by atoms with E-state index in [4.69, 9.17) is 5.11 Å². The van der Waals surface area contributed by atoms with E-state index >= 15 is 0 Å². The molecule has 0 bridgehead atoms. The first-order chi connectivity index (χ1) is 5.92. The summed E-state index contributed by atoms with van der Waals surface area (Å²) in [5.41, 5.74) is -4.17. The summed E-state index contributed by atoms with van der Waals surface area (Å²) in [7, 11) is 0. The van der Waals surface area contributed by atoms with E-state index in [1.165, 1.54) is 11.8 Å². The molecule has 0 fully saturated rings. The molecule has 0 saturated heterocycles. The number of hydrogen-bond donors (Lipinski definition) is 1. The summed E-state index contributed by atoms with van der Waals surface area (Å²) < 4.78 is 34.7. The van der Waals surface area contributed by atoms with Gasteiger partial charge < -0.3 is 5.11 Å². The lowest BCUT2D eigenvalue weighted by Gasteiger charge is -2.04. The van der Waals surface area contributed by atoms with Gasteiger partial charge in [-0.3, -0.25) is 4.79 Å². The van der Waals surface area contributed by atoms with E-state index in [0.29, 0.717) is 11.5 Å². The summed E-state index contributed by atoms with van der Waals surface area (Å²) >= 11 is 1.14. The van der Waals surface area contributed by atoms with Gasteiger partial charge in [-0.1, -0.05) is 11.8 Å². The van der Waals surface area contributed by atoms with Crippen LogP contribution in [0.3, 0.4) is 0 Å². The molecule has 0 unspecified atom stereocenters. The Morgan fingerprint density at radius 3 is 2.31 bits per heavy atom. The standard InChI is InChI=1S/C6H9F3O2S2/c7-6(8,9)13-4-3-12-2-1-5(10)11/h1-4H2,(H,10,11). The van der Waals surface area contributed by atoms with Gasteiger partial charge in [0.15, 0.2) is 0 Å². The first kappa shape index (κ1) is 13.0. The summed E-state index contributed by atoms with van der Waals surface area (Å²) in [5.74, 6) is -0.241. The molecule has 0 radical (unpaired) electrons. The van der Waals surface area contributed by atoms with E-state index in [-0.39, 0.29) is 23.9 Å². The Hall–Kier alpha value is -0.0400. The third-order valence-corrected chi connectivity index (χ3v) is 2.93. The third kappa shape index (κ3) is 12.0. The predicted octanol–water partition coefficient (Wildman–Crippen LogP) is 2.45. The minimum Gasteiger partial charge on any atom is -0.481 e. The van der Waals surface area contributed by atoms with Gasteiger partial charge in [-0.2, -0.15) is 24.9 Å². The van der Waals surface area contributed by atoms with E-state index in [9.17, 15) is 18.0 Å². The smallest absolute Gasteiger partial charge is 0.441 e. The highest BCUT2D eigenvalue weighted by Gasteiger charge is 2.27. The normalized spacial score (nSPS) is 11.6. The Morgan fingerprint density at radius 1 is 1.23 bits per heavy atom. The first-order valence-corrected chi connectivity index (χ1v) is 5.56. The number of thioether (sulfide) groups is 2. The molecule has 0 aromatic heterocycles. The van der Waals surface area contributed by atoms with Gasteiger partial charge in [0, 0.05) is 17.3 Å². The molecule has 0 amide bonds. The number of carboxylic acids is 1. The van der Waals surface area contributed by atoms with Crippen LogP contribution in [0.4, 0.5) is 13.2 Å². The predicted molar refractivity (Wildman–Crippen MR) is 48.1 cm³/mol. The van der Waals surface area contributed by atoms with Crippen molar-refractivity contribution in [3.8, 4) is 0 Å². The van der Waals surface area contributed by atoms with Crippen molar-refractivity contribution in [2.24, 2.45) is 0 Å². The number of carbonyl (C=O) groups is 1. The van der Waals surface area contributed by atoms with Crippen LogP contribution in [0, 0.1) is 0 Å². The highest BCUT2D eigenvalue weighted by atomic mass is 32.2. The lowest BCUT2D eigenvalue weighted by Crippen LogP contribution is -2.03. The number of alkyl halides is 3. The van der Waals surface area contributed by atoms with Crippen LogP contribution >= 0.6 is 23.5 Å². The van der Waals surface area contributed by atoms with Crippen molar-refractivity contribution in [2.75, 3.05) is 17.3 Å². The van der Waals surface area contributed by atoms with Crippen LogP contribution in [-0.2, 0) is 4.79 Å². The molecule has 0 aromatic rings. The molecule has 78 valence electrons. The zero-order valence-electron chi connectivity index (χ0n) is 6.63. The van der Waals surface area contributed by atoms with Gasteiger partial charge in [0.05, 0.1) is 6.42 Å². The van der Waals surface area contributed by atoms with Crippen LogP contribution < -0.4 is 0 Å². The molecule has 7 heteroatoms. The molecule has 0 aromatic carbocycles. The van der Waals surface area contributed by atoms with Crippen molar-refractivity contribution in [1.29, 1.82) is 0 Å². The Morgan fingerprint density at radius 2 is 1.85 bits per heavy atom. The molecular formula is C6H9F3O2S2. The van der Waals surface area contributed by atoms with Gasteiger partial charge in [-0.15, -0.1) is 0 Å². The minimum absolute atomic E-state index is 0.00134. The molecule has 2 nitrogen and oxygen atoms in total. The van der Waals surface area contributed by atoms with Crippen LogP contribution in [0.15, 0.2) is 0 Å². The van der Waals surface area contributed by atoms with E-state index in [2.05, 4.69) is 0 Å². The second-order valence-electron chi connectivity index (χ2n) is 2.05. The molecule has 0 aliphatic rings. The van der Waals surface area contributed by atoms with Crippen LogP contribution in [0.25, 0.3) is 0 Å². The number of aliphatic carboxylic acids is 1. The Labute approximate surface area is 82.3 Å². The van der Waals surface area contributed by atoms with Crippen LogP contribution in [0.5, 0.6) is 0 Å². The fourth-order valence-corrected chi connectivity index (χ4v) is 2.04. The number of halogens is 3. The zero-order valence-corrected chi connectivity index (χ0v) is 8.27. The van der Waals surface area contributed by atoms with Crippen molar-refractivity contribution in [3.63, 3.8) is 0 Å². The fraction of sp³-hybridized carbons (Fsp3) is 0.833. The average Bonchev–Trinajstić information content (AvgIpc) is 1.93. The highest BCUT2D eigenvalue weighted by molar-refractivity contribution is 8.03. The van der Waals surface area contributed by atoms with Crippen molar-refractivity contribution in [1.82, 2.24) is 0 Å². The molecule has 0 spiro atoms. The van der Waals surface area contributed by atoms with Crippen molar-refractivity contribution in [3.05, 3.63) is 0 Å². The van der Waals surface area contributed by atoms with Gasteiger partial charge in [-0.25, -0.2) is 0 Å². The summed E-state index contributed by atoms with van der Waals surface area (Å²) in [6.45, 7) is 0. The SMILES string of the molecule is O=C(O)CCSCCSC(F)(F)F. The second-order valence-corrected chi connectivity index (χ2v) is 4.43. The average molecular weight is 234 g/mol. The van der Waals surface area contributed by atoms with Crippen LogP contribution in [0.2, 0.25) is 0 Å². The molecule has 0 atom stereocenters. The minimum atomic E-state index is -4.17. The second kappa shape index (κ2) is 6.42. The maximum Gasteiger partial charge on any atom is 0.441 e. The molecule has 0 rings (SSSR count). The topological polar surface area (TPSA) is 37.3 Å². The first-order valence-electron chi connectivity index (χ1n) is 3.42. The van der Waals surface area contributed by atoms with Gasteiger partial charge in [0.25, 0.3) is 0 Å². The monoisotopic (exact) mass is 234 g/mol. The summed E-state index contributed by atoms with van der Waals surface area (Å²) in [5, 5.41) is 8.20. The lowest BCUT2D eigenvalue weighted by molar-refractivity contribution is -0.136. The van der Waals surface area contributed by atoms with E-state index in [0.717, 1.165) is 0 Å². The van der Waals surface area contributed by atoms with E-state index in [1.54, 1.807) is 0 Å². The Balaban J connectivity index is 3.13. The molecule has 13 heavy (non-hydrogen) atoms. The molecule has 0 aliphatic heterocycles. The third-order valence-electron chi connectivity index (χ3n) is 0.954. The van der Waals surface area contributed by atoms with Crippen molar-refractivity contribution >= 4 is 29.5 Å².